The molecule has 3 aromatic carbocycles. The van der Waals surface area contributed by atoms with Crippen LogP contribution in [0, 0.1) is 5.92 Å². The van der Waals surface area contributed by atoms with E-state index in [1.165, 1.54) is 5.01 Å². The number of hydrogen-bond acceptors (Lipinski definition) is 5. The van der Waals surface area contributed by atoms with E-state index in [0.717, 1.165) is 21.9 Å². The molecule has 0 spiro atoms. The number of amides is 3. The van der Waals surface area contributed by atoms with Gasteiger partial charge in [-0.1, -0.05) is 72.8 Å². The highest BCUT2D eigenvalue weighted by atomic mass is 16.2. The Hall–Kier alpha value is -3.55. The van der Waals surface area contributed by atoms with Crippen molar-refractivity contribution >= 4 is 28.5 Å². The maximum atomic E-state index is 14.4. The summed E-state index contributed by atoms with van der Waals surface area (Å²) in [4.78, 5) is 41.0. The molecule has 3 fully saturated rings. The smallest absolute Gasteiger partial charge is 0.250 e. The first-order chi connectivity index (χ1) is 18.1. The van der Waals surface area contributed by atoms with Crippen LogP contribution in [0.15, 0.2) is 72.8 Å². The van der Waals surface area contributed by atoms with Gasteiger partial charge in [-0.2, -0.15) is 0 Å². The van der Waals surface area contributed by atoms with Crippen molar-refractivity contribution in [2.24, 2.45) is 5.92 Å². The Balaban J connectivity index is 1.39. The van der Waals surface area contributed by atoms with Gasteiger partial charge in [-0.25, -0.2) is 15.0 Å². The molecule has 0 bridgehead atoms. The average molecular weight is 511 g/mol. The van der Waals surface area contributed by atoms with Gasteiger partial charge in [0.15, 0.2) is 0 Å². The minimum absolute atomic E-state index is 0.0203. The standard InChI is InChI=1S/C31H34N4O3/c1-30(2)18-27(37)34(33(30)19-23-15-10-14-21-11-8-9-16-24(21)23)29(38)25-20-32-26(36)17-31(3,4)35(32)28(25)22-12-6-5-7-13-22/h5-16,25,28H,17-20H2,1-4H3/t25-,28-/m1/s1. The zero-order valence-corrected chi connectivity index (χ0v) is 22.4. The van der Waals surface area contributed by atoms with Crippen LogP contribution in [-0.4, -0.2) is 55.4 Å². The molecule has 3 saturated heterocycles. The molecule has 7 heteroatoms. The van der Waals surface area contributed by atoms with Crippen molar-refractivity contribution in [3.63, 3.8) is 0 Å². The van der Waals surface area contributed by atoms with Crippen molar-refractivity contribution in [2.45, 2.75) is 64.2 Å². The summed E-state index contributed by atoms with van der Waals surface area (Å²) in [6.07, 6.45) is 0.657. The monoisotopic (exact) mass is 510 g/mol. The van der Waals surface area contributed by atoms with Gasteiger partial charge in [-0.15, -0.1) is 0 Å². The number of rotatable bonds is 4. The summed E-state index contributed by atoms with van der Waals surface area (Å²) in [7, 11) is 0. The van der Waals surface area contributed by atoms with Gasteiger partial charge in [0, 0.05) is 30.5 Å². The van der Waals surface area contributed by atoms with Crippen LogP contribution in [0.4, 0.5) is 0 Å². The summed E-state index contributed by atoms with van der Waals surface area (Å²) >= 11 is 0. The van der Waals surface area contributed by atoms with Gasteiger partial charge in [0.2, 0.25) is 11.8 Å². The largest absolute Gasteiger partial charge is 0.273 e. The summed E-state index contributed by atoms with van der Waals surface area (Å²) < 4.78 is 0. The molecule has 196 valence electrons. The third-order valence-electron chi connectivity index (χ3n) is 8.39. The maximum absolute atomic E-state index is 14.4. The molecule has 3 aliphatic heterocycles. The second kappa shape index (κ2) is 8.75. The van der Waals surface area contributed by atoms with E-state index in [9.17, 15) is 14.4 Å². The number of fused-ring (bicyclic) bond motifs is 2. The molecule has 0 aliphatic carbocycles. The fourth-order valence-corrected chi connectivity index (χ4v) is 6.62. The van der Waals surface area contributed by atoms with Gasteiger partial charge in [0.1, 0.15) is 0 Å². The number of carbonyl (C=O) groups excluding carboxylic acids is 3. The normalized spacial score (nSPS) is 24.9. The Morgan fingerprint density at radius 1 is 0.816 bits per heavy atom. The molecule has 2 atom stereocenters. The van der Waals surface area contributed by atoms with Crippen molar-refractivity contribution < 1.29 is 14.4 Å². The minimum Gasteiger partial charge on any atom is -0.273 e. The second-order valence-electron chi connectivity index (χ2n) is 12.0. The molecule has 0 unspecified atom stereocenters. The fraction of sp³-hybridized carbons (Fsp3) is 0.387. The number of hydrogen-bond donors (Lipinski definition) is 0. The number of benzene rings is 3. The molecule has 3 heterocycles. The first-order valence-corrected chi connectivity index (χ1v) is 13.3. The predicted octanol–water partition coefficient (Wildman–Crippen LogP) is 4.69. The summed E-state index contributed by atoms with van der Waals surface area (Å²) in [5, 5.41) is 9.38. The van der Waals surface area contributed by atoms with E-state index in [-0.39, 0.29) is 36.7 Å². The van der Waals surface area contributed by atoms with Crippen molar-refractivity contribution in [2.75, 3.05) is 6.54 Å². The Morgan fingerprint density at radius 2 is 1.47 bits per heavy atom. The minimum atomic E-state index is -0.561. The van der Waals surface area contributed by atoms with E-state index in [1.807, 2.05) is 81.2 Å². The van der Waals surface area contributed by atoms with Crippen LogP contribution in [0.3, 0.4) is 0 Å². The molecule has 0 N–H and O–H groups in total. The highest BCUT2D eigenvalue weighted by Gasteiger charge is 2.59. The molecular weight excluding hydrogens is 476 g/mol. The molecule has 38 heavy (non-hydrogen) atoms. The van der Waals surface area contributed by atoms with Crippen molar-refractivity contribution in [3.8, 4) is 0 Å². The quantitative estimate of drug-likeness (QED) is 0.477. The lowest BCUT2D eigenvalue weighted by molar-refractivity contribution is -0.165. The van der Waals surface area contributed by atoms with Crippen LogP contribution in [0.25, 0.3) is 10.8 Å². The first-order valence-electron chi connectivity index (χ1n) is 13.3. The Kier molecular flexibility index (Phi) is 5.70. The zero-order valence-electron chi connectivity index (χ0n) is 22.4. The summed E-state index contributed by atoms with van der Waals surface area (Å²) in [5.41, 5.74) is 1.08. The highest BCUT2D eigenvalue weighted by Crippen LogP contribution is 2.48. The van der Waals surface area contributed by atoms with Crippen LogP contribution in [-0.2, 0) is 20.9 Å². The highest BCUT2D eigenvalue weighted by molar-refractivity contribution is 5.99. The molecular formula is C31H34N4O3. The Labute approximate surface area is 223 Å². The van der Waals surface area contributed by atoms with Crippen LogP contribution in [0.5, 0.6) is 0 Å². The lowest BCUT2D eigenvalue weighted by Crippen LogP contribution is -2.52. The van der Waals surface area contributed by atoms with E-state index >= 15 is 0 Å². The molecule has 0 aromatic heterocycles. The van der Waals surface area contributed by atoms with E-state index in [4.69, 9.17) is 0 Å². The molecule has 3 amide bonds. The third kappa shape index (κ3) is 3.84. The lowest BCUT2D eigenvalue weighted by Gasteiger charge is -2.39. The van der Waals surface area contributed by atoms with Crippen LogP contribution < -0.4 is 0 Å². The zero-order chi connectivity index (χ0) is 26.8. The second-order valence-corrected chi connectivity index (χ2v) is 12.0. The van der Waals surface area contributed by atoms with Crippen molar-refractivity contribution in [1.29, 1.82) is 0 Å². The number of carbonyl (C=O) groups is 3. The lowest BCUT2D eigenvalue weighted by atomic mass is 9.89. The average Bonchev–Trinajstić information content (AvgIpc) is 3.47. The Morgan fingerprint density at radius 3 is 2.24 bits per heavy atom. The molecule has 0 saturated carbocycles. The maximum Gasteiger partial charge on any atom is 0.250 e. The van der Waals surface area contributed by atoms with Crippen molar-refractivity contribution in [1.82, 2.24) is 20.0 Å². The fourth-order valence-electron chi connectivity index (χ4n) is 6.62. The van der Waals surface area contributed by atoms with Crippen LogP contribution in [0.2, 0.25) is 0 Å². The SMILES string of the molecule is CC1(C)CC(=O)N(C(=O)[C@@H]2CN3C(=O)CC(C)(C)N3[C@@H]2c2ccccc2)N1Cc1cccc2ccccc12. The van der Waals surface area contributed by atoms with Crippen LogP contribution in [0.1, 0.15) is 57.7 Å². The number of nitrogens with zero attached hydrogens (tertiary/aromatic N) is 4. The molecule has 7 nitrogen and oxygen atoms in total. The summed E-state index contributed by atoms with van der Waals surface area (Å²) in [5.74, 6) is -0.979. The van der Waals surface area contributed by atoms with E-state index < -0.39 is 17.0 Å². The number of imide groups is 1. The van der Waals surface area contributed by atoms with Crippen molar-refractivity contribution in [3.05, 3.63) is 83.9 Å². The van der Waals surface area contributed by atoms with E-state index in [0.29, 0.717) is 13.0 Å². The Bertz CT molecular complexity index is 1430. The third-order valence-corrected chi connectivity index (χ3v) is 8.39. The topological polar surface area (TPSA) is 64.2 Å². The summed E-state index contributed by atoms with van der Waals surface area (Å²) in [6, 6.07) is 23.9. The predicted molar refractivity (Wildman–Crippen MR) is 145 cm³/mol. The van der Waals surface area contributed by atoms with Gasteiger partial charge in [0.25, 0.3) is 5.91 Å². The molecule has 0 radical (unpaired) electrons. The summed E-state index contributed by atoms with van der Waals surface area (Å²) in [6.45, 7) is 8.83. The van der Waals surface area contributed by atoms with Gasteiger partial charge in [-0.3, -0.25) is 19.4 Å². The first kappa shape index (κ1) is 24.8. The van der Waals surface area contributed by atoms with Gasteiger partial charge in [-0.05, 0) is 49.6 Å². The van der Waals surface area contributed by atoms with E-state index in [1.54, 1.807) is 5.01 Å². The van der Waals surface area contributed by atoms with Gasteiger partial charge < -0.3 is 0 Å². The van der Waals surface area contributed by atoms with Gasteiger partial charge in [0.05, 0.1) is 18.5 Å². The number of hydrazine groups is 2. The molecule has 6 rings (SSSR count). The molecule has 3 aromatic rings. The van der Waals surface area contributed by atoms with E-state index in [2.05, 4.69) is 29.3 Å². The van der Waals surface area contributed by atoms with Crippen LogP contribution >= 0.6 is 0 Å². The molecule has 3 aliphatic rings. The van der Waals surface area contributed by atoms with Gasteiger partial charge >= 0.3 is 0 Å².